The van der Waals surface area contributed by atoms with Gasteiger partial charge in [-0.15, -0.1) is 0 Å². The number of carbonyl (C=O) groups is 1. The molecule has 0 fully saturated rings. The minimum atomic E-state index is -1.22. The van der Waals surface area contributed by atoms with Gasteiger partial charge in [0.15, 0.2) is 0 Å². The van der Waals surface area contributed by atoms with E-state index in [0.29, 0.717) is 5.56 Å². The summed E-state index contributed by atoms with van der Waals surface area (Å²) < 4.78 is 0. The van der Waals surface area contributed by atoms with Crippen molar-refractivity contribution in [3.05, 3.63) is 28.8 Å². The second-order valence-corrected chi connectivity index (χ2v) is 2.63. The quantitative estimate of drug-likeness (QED) is 0.618. The van der Waals surface area contributed by atoms with Crippen molar-refractivity contribution in [2.75, 3.05) is 0 Å². The van der Waals surface area contributed by atoms with Crippen LogP contribution in [0.5, 0.6) is 5.75 Å². The van der Waals surface area contributed by atoms with Crippen LogP contribution in [0.15, 0.2) is 18.2 Å². The predicted molar refractivity (Wildman–Crippen MR) is 47.6 cm³/mol. The lowest BCUT2D eigenvalue weighted by Gasteiger charge is -1.95. The van der Waals surface area contributed by atoms with Crippen LogP contribution >= 0.6 is 11.6 Å². The molecule has 0 saturated heterocycles. The molecule has 0 heterocycles. The Morgan fingerprint density at radius 1 is 1.46 bits per heavy atom. The number of carboxylic acid groups (broad SMARTS) is 1. The van der Waals surface area contributed by atoms with Crippen molar-refractivity contribution in [2.24, 2.45) is 0 Å². The zero-order valence-electron chi connectivity index (χ0n) is 6.41. The second kappa shape index (κ2) is 3.83. The molecule has 0 aliphatic rings. The summed E-state index contributed by atoms with van der Waals surface area (Å²) in [5.74, 6) is 3.07. The largest absolute Gasteiger partial charge is 0.508 e. The average Bonchev–Trinajstić information content (AvgIpc) is 2.02. The van der Waals surface area contributed by atoms with Crippen molar-refractivity contribution in [2.45, 2.75) is 0 Å². The van der Waals surface area contributed by atoms with Crippen LogP contribution in [0.25, 0.3) is 0 Å². The van der Waals surface area contributed by atoms with Crippen LogP contribution in [0, 0.1) is 11.8 Å². The van der Waals surface area contributed by atoms with E-state index >= 15 is 0 Å². The molecule has 0 amide bonds. The second-order valence-electron chi connectivity index (χ2n) is 2.22. The fourth-order valence-electron chi connectivity index (χ4n) is 0.726. The minimum absolute atomic E-state index is 0.0193. The maximum absolute atomic E-state index is 10.1. The normalized spacial score (nSPS) is 8.69. The summed E-state index contributed by atoms with van der Waals surface area (Å²) in [7, 11) is 0. The van der Waals surface area contributed by atoms with Crippen LogP contribution < -0.4 is 0 Å². The molecule has 1 rings (SSSR count). The van der Waals surface area contributed by atoms with Gasteiger partial charge in [0.25, 0.3) is 0 Å². The molecule has 1 aromatic rings. The number of halogens is 1. The number of hydrogen-bond acceptors (Lipinski definition) is 2. The van der Waals surface area contributed by atoms with Gasteiger partial charge in [-0.3, -0.25) is 0 Å². The van der Waals surface area contributed by atoms with Gasteiger partial charge in [0.1, 0.15) is 5.75 Å². The zero-order chi connectivity index (χ0) is 9.84. The van der Waals surface area contributed by atoms with Gasteiger partial charge < -0.3 is 10.2 Å². The van der Waals surface area contributed by atoms with E-state index < -0.39 is 5.97 Å². The SMILES string of the molecule is O=C(O)C#Cc1ccc(O)cc1Cl. The number of aromatic hydroxyl groups is 1. The number of aliphatic carboxylic acids is 1. The Morgan fingerprint density at radius 2 is 2.15 bits per heavy atom. The van der Waals surface area contributed by atoms with Gasteiger partial charge in [0.05, 0.1) is 5.02 Å². The number of hydrogen-bond donors (Lipinski definition) is 2. The molecule has 0 bridgehead atoms. The topological polar surface area (TPSA) is 57.5 Å². The molecule has 66 valence electrons. The first-order valence-corrected chi connectivity index (χ1v) is 3.71. The lowest BCUT2D eigenvalue weighted by Crippen LogP contribution is -1.87. The van der Waals surface area contributed by atoms with Crippen molar-refractivity contribution >= 4 is 17.6 Å². The van der Waals surface area contributed by atoms with Gasteiger partial charge in [0.2, 0.25) is 0 Å². The zero-order valence-corrected chi connectivity index (χ0v) is 7.17. The molecule has 0 saturated carbocycles. The van der Waals surface area contributed by atoms with E-state index in [0.717, 1.165) is 0 Å². The number of benzene rings is 1. The van der Waals surface area contributed by atoms with E-state index in [2.05, 4.69) is 5.92 Å². The van der Waals surface area contributed by atoms with Crippen molar-refractivity contribution in [3.8, 4) is 17.6 Å². The fourth-order valence-corrected chi connectivity index (χ4v) is 0.948. The molecular formula is C9H5ClO3. The molecule has 1 aromatic carbocycles. The van der Waals surface area contributed by atoms with Gasteiger partial charge in [-0.1, -0.05) is 17.5 Å². The van der Waals surface area contributed by atoms with Gasteiger partial charge >= 0.3 is 5.97 Å². The Bertz CT molecular complexity index is 401. The maximum Gasteiger partial charge on any atom is 0.382 e. The van der Waals surface area contributed by atoms with Crippen LogP contribution in [0.2, 0.25) is 5.02 Å². The highest BCUT2D eigenvalue weighted by atomic mass is 35.5. The van der Waals surface area contributed by atoms with Gasteiger partial charge in [-0.2, -0.15) is 0 Å². The highest BCUT2D eigenvalue weighted by molar-refractivity contribution is 6.31. The lowest BCUT2D eigenvalue weighted by molar-refractivity contribution is -0.130. The summed E-state index contributed by atoms with van der Waals surface area (Å²) in [5, 5.41) is 17.5. The number of rotatable bonds is 0. The third kappa shape index (κ3) is 2.69. The average molecular weight is 197 g/mol. The molecule has 0 unspecified atom stereocenters. The summed E-state index contributed by atoms with van der Waals surface area (Å²) in [6.45, 7) is 0. The Balaban J connectivity index is 3.05. The highest BCUT2D eigenvalue weighted by Crippen LogP contribution is 2.20. The Hall–Kier alpha value is -1.66. The van der Waals surface area contributed by atoms with Crippen molar-refractivity contribution in [1.29, 1.82) is 0 Å². The van der Waals surface area contributed by atoms with Gasteiger partial charge in [-0.25, -0.2) is 4.79 Å². The molecule has 0 spiro atoms. The van der Waals surface area contributed by atoms with E-state index in [-0.39, 0.29) is 10.8 Å². The van der Waals surface area contributed by atoms with E-state index in [4.69, 9.17) is 21.8 Å². The molecule has 13 heavy (non-hydrogen) atoms. The molecular weight excluding hydrogens is 192 g/mol. The van der Waals surface area contributed by atoms with Gasteiger partial charge in [-0.05, 0) is 18.2 Å². The molecule has 0 aliphatic heterocycles. The molecule has 0 aliphatic carbocycles. The highest BCUT2D eigenvalue weighted by Gasteiger charge is 1.97. The summed E-state index contributed by atoms with van der Waals surface area (Å²) >= 11 is 5.66. The van der Waals surface area contributed by atoms with Crippen LogP contribution in [0.4, 0.5) is 0 Å². The summed E-state index contributed by atoms with van der Waals surface area (Å²) in [4.78, 5) is 10.1. The van der Waals surface area contributed by atoms with E-state index in [1.807, 2.05) is 5.92 Å². The standard InChI is InChI=1S/C9H5ClO3/c10-8-5-7(11)3-1-6(8)2-4-9(12)13/h1,3,5,11H,(H,12,13). The maximum atomic E-state index is 10.1. The third-order valence-electron chi connectivity index (χ3n) is 1.26. The Labute approximate surface area is 79.6 Å². The van der Waals surface area contributed by atoms with Crippen LogP contribution in [0.1, 0.15) is 5.56 Å². The molecule has 3 nitrogen and oxygen atoms in total. The molecule has 0 atom stereocenters. The van der Waals surface area contributed by atoms with E-state index in [1.54, 1.807) is 0 Å². The van der Waals surface area contributed by atoms with Crippen molar-refractivity contribution in [1.82, 2.24) is 0 Å². The van der Waals surface area contributed by atoms with Gasteiger partial charge in [0, 0.05) is 11.5 Å². The van der Waals surface area contributed by atoms with Crippen LogP contribution in [-0.4, -0.2) is 16.2 Å². The number of phenolic OH excluding ortho intramolecular Hbond substituents is 1. The monoisotopic (exact) mass is 196 g/mol. The summed E-state index contributed by atoms with van der Waals surface area (Å²) in [6, 6.07) is 4.14. The molecule has 0 radical (unpaired) electrons. The first kappa shape index (κ1) is 9.43. The van der Waals surface area contributed by atoms with Crippen molar-refractivity contribution in [3.63, 3.8) is 0 Å². The number of phenols is 1. The summed E-state index contributed by atoms with van der Waals surface area (Å²) in [6.07, 6.45) is 0. The van der Waals surface area contributed by atoms with E-state index in [9.17, 15) is 4.79 Å². The first-order chi connectivity index (χ1) is 6.09. The smallest absolute Gasteiger partial charge is 0.382 e. The minimum Gasteiger partial charge on any atom is -0.508 e. The Morgan fingerprint density at radius 3 is 2.69 bits per heavy atom. The molecule has 2 N–H and O–H groups in total. The Kier molecular flexibility index (Phi) is 2.78. The predicted octanol–water partition coefficient (Wildman–Crippen LogP) is 1.48. The van der Waals surface area contributed by atoms with Crippen LogP contribution in [0.3, 0.4) is 0 Å². The summed E-state index contributed by atoms with van der Waals surface area (Å²) in [5.41, 5.74) is 0.377. The lowest BCUT2D eigenvalue weighted by atomic mass is 10.2. The fraction of sp³-hybridized carbons (Fsp3) is 0. The van der Waals surface area contributed by atoms with Crippen molar-refractivity contribution < 1.29 is 15.0 Å². The van der Waals surface area contributed by atoms with Crippen LogP contribution in [-0.2, 0) is 4.79 Å². The molecule has 0 aromatic heterocycles. The molecule has 4 heteroatoms. The van der Waals surface area contributed by atoms with E-state index in [1.165, 1.54) is 18.2 Å². The number of carboxylic acids is 1. The first-order valence-electron chi connectivity index (χ1n) is 3.33. The third-order valence-corrected chi connectivity index (χ3v) is 1.57.